The van der Waals surface area contributed by atoms with Crippen molar-refractivity contribution >= 4 is 24.0 Å². The monoisotopic (exact) mass is 826 g/mol. The van der Waals surface area contributed by atoms with E-state index in [9.17, 15) is 29.4 Å². The van der Waals surface area contributed by atoms with Crippen LogP contribution in [0.1, 0.15) is 88.2 Å². The molecule has 2 aromatic carbocycles. The highest BCUT2D eigenvalue weighted by atomic mass is 16.5. The van der Waals surface area contributed by atoms with Gasteiger partial charge in [0.25, 0.3) is 0 Å². The zero-order valence-corrected chi connectivity index (χ0v) is 34.3. The van der Waals surface area contributed by atoms with Gasteiger partial charge in [0.2, 0.25) is 11.8 Å². The molecule has 2 aromatic heterocycles. The van der Waals surface area contributed by atoms with E-state index in [1.165, 1.54) is 14.2 Å². The molecular weight excluding hydrogens is 777 g/mol. The fraction of sp³-hybridized carbons (Fsp3) is 0.476. The molecule has 18 nitrogen and oxygen atoms in total. The van der Waals surface area contributed by atoms with E-state index in [1.807, 2.05) is 26.0 Å². The first-order valence-corrected chi connectivity index (χ1v) is 20.2. The van der Waals surface area contributed by atoms with Crippen molar-refractivity contribution in [1.82, 2.24) is 40.4 Å². The molecule has 2 saturated heterocycles. The van der Waals surface area contributed by atoms with Crippen molar-refractivity contribution in [2.45, 2.75) is 115 Å². The number of carbonyl (C=O) groups excluding carboxylic acids is 2. The number of aromatic nitrogens is 4. The molecule has 318 valence electrons. The number of rotatable bonds is 12. The lowest BCUT2D eigenvalue weighted by atomic mass is 9.87. The number of nitrogens with zero attached hydrogens (tertiary/aromatic N) is 4. The van der Waals surface area contributed by atoms with Gasteiger partial charge in [-0.05, 0) is 77.6 Å². The number of H-pyrrole nitrogens is 2. The smallest absolute Gasteiger partial charge is 0.405 e. The molecule has 18 heteroatoms. The molecule has 4 amide bonds. The summed E-state index contributed by atoms with van der Waals surface area (Å²) in [5, 5.41) is 23.6. The largest absolute Gasteiger partial charge is 0.488 e. The van der Waals surface area contributed by atoms with Gasteiger partial charge in [-0.25, -0.2) is 19.6 Å². The van der Waals surface area contributed by atoms with Gasteiger partial charge in [0.1, 0.15) is 48.4 Å². The summed E-state index contributed by atoms with van der Waals surface area (Å²) in [4.78, 5) is 70.4. The molecule has 4 aromatic rings. The first kappa shape index (κ1) is 40.6. The molecule has 0 aliphatic carbocycles. The Bertz CT molecular complexity index is 2120. The van der Waals surface area contributed by atoms with Gasteiger partial charge in [-0.2, -0.15) is 0 Å². The average molecular weight is 827 g/mol. The highest BCUT2D eigenvalue weighted by Gasteiger charge is 2.44. The summed E-state index contributed by atoms with van der Waals surface area (Å²) in [7, 11) is 2.88. The van der Waals surface area contributed by atoms with E-state index in [0.29, 0.717) is 49.2 Å². The number of likely N-dealkylation sites (tertiary alicyclic amines) is 2. The summed E-state index contributed by atoms with van der Waals surface area (Å²) < 4.78 is 23.5. The van der Waals surface area contributed by atoms with Gasteiger partial charge in [-0.15, -0.1) is 0 Å². The number of amides is 4. The van der Waals surface area contributed by atoms with Gasteiger partial charge in [0.05, 0.1) is 48.1 Å². The quantitative estimate of drug-likeness (QED) is 0.106. The van der Waals surface area contributed by atoms with E-state index in [2.05, 4.69) is 32.7 Å². The Hall–Kier alpha value is -6.14. The number of ether oxygens (including phenoxy) is 4. The van der Waals surface area contributed by atoms with E-state index >= 15 is 0 Å². The van der Waals surface area contributed by atoms with Gasteiger partial charge < -0.3 is 59.6 Å². The number of aromatic amines is 2. The van der Waals surface area contributed by atoms with Crippen LogP contribution in [0, 0.1) is 0 Å². The van der Waals surface area contributed by atoms with E-state index < -0.39 is 36.5 Å². The van der Waals surface area contributed by atoms with Crippen LogP contribution in [-0.4, -0.2) is 115 Å². The molecule has 6 heterocycles. The minimum atomic E-state index is -1.30. The fourth-order valence-corrected chi connectivity index (χ4v) is 9.16. The number of carboxylic acid groups (broad SMARTS) is 2. The lowest BCUT2D eigenvalue weighted by molar-refractivity contribution is -0.140. The molecule has 0 spiro atoms. The molecule has 0 radical (unpaired) electrons. The second-order valence-corrected chi connectivity index (χ2v) is 16.1. The van der Waals surface area contributed by atoms with E-state index in [-0.39, 0.29) is 36.0 Å². The predicted molar refractivity (Wildman–Crippen MR) is 215 cm³/mol. The third-order valence-electron chi connectivity index (χ3n) is 12.4. The zero-order valence-electron chi connectivity index (χ0n) is 34.3. The molecule has 6 N–H and O–H groups in total. The standard InChI is InChI=1S/C42H50N8O10/c1-19-7-9-29(49(19)39(51)35(21(3)57-5)47-41(53)54)37-43-15-27(45-37)23-11-25-17-60-32-14-24(12-26-18-59-31(13-23)33(25)34(26)32)28-16-44-38(46-28)30-10-8-20(2)50(30)40(52)36(22(4)58-6)48-42(55)56/h11-16,19-22,29-30,35-36,47-48H,7-10,17-18H2,1-6H3,(H,43,45)(H,44,46)(H,53,54)(H,55,56)/t19-,20-,21+,22+,29-,30-,35-,36-/m0/s1. The molecule has 60 heavy (non-hydrogen) atoms. The Morgan fingerprint density at radius 2 is 1.10 bits per heavy atom. The van der Waals surface area contributed by atoms with Crippen molar-refractivity contribution in [3.63, 3.8) is 0 Å². The van der Waals surface area contributed by atoms with Crippen LogP contribution in [0.25, 0.3) is 33.6 Å². The van der Waals surface area contributed by atoms with Crippen molar-refractivity contribution < 1.29 is 48.3 Å². The van der Waals surface area contributed by atoms with Crippen LogP contribution in [0.3, 0.4) is 0 Å². The van der Waals surface area contributed by atoms with E-state index in [4.69, 9.17) is 28.9 Å². The van der Waals surface area contributed by atoms with Crippen LogP contribution in [0.2, 0.25) is 0 Å². The van der Waals surface area contributed by atoms with Crippen LogP contribution < -0.4 is 20.1 Å². The van der Waals surface area contributed by atoms with Gasteiger partial charge >= 0.3 is 12.2 Å². The minimum absolute atomic E-state index is 0.132. The summed E-state index contributed by atoms with van der Waals surface area (Å²) in [5.41, 5.74) is 7.00. The summed E-state index contributed by atoms with van der Waals surface area (Å²) in [6, 6.07) is 4.90. The Morgan fingerprint density at radius 3 is 1.47 bits per heavy atom. The fourth-order valence-electron chi connectivity index (χ4n) is 9.16. The molecule has 0 bridgehead atoms. The molecule has 2 fully saturated rings. The van der Waals surface area contributed by atoms with E-state index in [1.54, 1.807) is 36.0 Å². The molecule has 0 saturated carbocycles. The van der Waals surface area contributed by atoms with Crippen molar-refractivity contribution in [2.24, 2.45) is 0 Å². The van der Waals surface area contributed by atoms with Gasteiger partial charge in [-0.1, -0.05) is 0 Å². The second kappa shape index (κ2) is 16.1. The van der Waals surface area contributed by atoms with Crippen molar-refractivity contribution in [2.75, 3.05) is 14.2 Å². The highest BCUT2D eigenvalue weighted by Crippen LogP contribution is 2.51. The van der Waals surface area contributed by atoms with Crippen molar-refractivity contribution in [3.8, 4) is 45.1 Å². The third kappa shape index (κ3) is 7.27. The van der Waals surface area contributed by atoms with E-state index in [0.717, 1.165) is 57.6 Å². The molecule has 8 atom stereocenters. The van der Waals surface area contributed by atoms with Crippen LogP contribution in [0.15, 0.2) is 36.7 Å². The topological polar surface area (TPSA) is 234 Å². The summed E-state index contributed by atoms with van der Waals surface area (Å²) in [6.45, 7) is 7.81. The maximum absolute atomic E-state index is 13.8. The normalized spacial score (nSPS) is 22.2. The summed E-state index contributed by atoms with van der Waals surface area (Å²) in [6.07, 6.45) is 2.31. The number of hydrogen-bond donors (Lipinski definition) is 6. The minimum Gasteiger partial charge on any atom is -0.488 e. The number of hydrogen-bond acceptors (Lipinski definition) is 10. The Labute approximate surface area is 346 Å². The van der Waals surface area contributed by atoms with Crippen molar-refractivity contribution in [3.05, 3.63) is 59.4 Å². The van der Waals surface area contributed by atoms with Gasteiger partial charge in [0, 0.05) is 59.7 Å². The Kier molecular flexibility index (Phi) is 10.9. The maximum atomic E-state index is 13.8. The summed E-state index contributed by atoms with van der Waals surface area (Å²) >= 11 is 0. The Morgan fingerprint density at radius 1 is 0.700 bits per heavy atom. The number of methoxy groups -OCH3 is 2. The molecule has 8 rings (SSSR count). The molecular formula is C42H50N8O10. The number of imidazole rings is 2. The lowest BCUT2D eigenvalue weighted by Gasteiger charge is -2.33. The van der Waals surface area contributed by atoms with Crippen LogP contribution in [0.5, 0.6) is 11.5 Å². The number of nitrogens with one attached hydrogen (secondary N) is 4. The SMILES string of the molecule is CO[C@H](C)[C@H](NC(=O)O)C(=O)N1[C@@H](C)CC[C@H]1c1ncc(-c2cc3c4c(c2)OCc2cc(-c5cnc([C@@H]6CC[C@H](C)N6C(=O)[C@@H](NC(=O)O)[C@@H](C)OC)[nH]5)cc(c2-4)OC3)[nH]1. The maximum Gasteiger partial charge on any atom is 0.405 e. The van der Waals surface area contributed by atoms with Crippen LogP contribution >= 0.6 is 0 Å². The zero-order chi connectivity index (χ0) is 42.6. The summed E-state index contributed by atoms with van der Waals surface area (Å²) in [5.74, 6) is 1.91. The molecule has 0 unspecified atom stereocenters. The predicted octanol–water partition coefficient (Wildman–Crippen LogP) is 5.36. The first-order chi connectivity index (χ1) is 28.8. The lowest BCUT2D eigenvalue weighted by Crippen LogP contribution is -2.55. The first-order valence-electron chi connectivity index (χ1n) is 20.2. The van der Waals surface area contributed by atoms with Crippen molar-refractivity contribution in [1.29, 1.82) is 0 Å². The Balaban J connectivity index is 1.03. The highest BCUT2D eigenvalue weighted by molar-refractivity contribution is 5.89. The molecule has 4 aliphatic rings. The third-order valence-corrected chi connectivity index (χ3v) is 12.4. The number of benzene rings is 2. The number of carbonyl (C=O) groups is 4. The van der Waals surface area contributed by atoms with Crippen LogP contribution in [0.4, 0.5) is 9.59 Å². The molecule has 4 aliphatic heterocycles. The second-order valence-electron chi connectivity index (χ2n) is 16.1. The van der Waals surface area contributed by atoms with Crippen LogP contribution in [-0.2, 0) is 32.3 Å². The van der Waals surface area contributed by atoms with Gasteiger partial charge in [-0.3, -0.25) is 9.59 Å². The van der Waals surface area contributed by atoms with Gasteiger partial charge in [0.15, 0.2) is 0 Å². The average Bonchev–Trinajstić information content (AvgIpc) is 4.06.